The van der Waals surface area contributed by atoms with Crippen LogP contribution >= 0.6 is 0 Å². The Hall–Kier alpha value is -3.53. The Labute approximate surface area is 175 Å². The molecule has 1 aliphatic rings. The van der Waals surface area contributed by atoms with Crippen LogP contribution in [0.25, 0.3) is 5.69 Å². The van der Waals surface area contributed by atoms with Gasteiger partial charge in [-0.05, 0) is 36.4 Å². The van der Waals surface area contributed by atoms with Gasteiger partial charge in [0, 0.05) is 24.5 Å². The first-order valence-corrected chi connectivity index (χ1v) is 9.52. The van der Waals surface area contributed by atoms with Crippen LogP contribution in [0.5, 0.6) is 5.75 Å². The quantitative estimate of drug-likeness (QED) is 0.658. The first kappa shape index (κ1) is 20.7. The lowest BCUT2D eigenvalue weighted by molar-refractivity contribution is -0.137. The van der Waals surface area contributed by atoms with Gasteiger partial charge in [-0.25, -0.2) is 4.68 Å². The van der Waals surface area contributed by atoms with Gasteiger partial charge in [0.1, 0.15) is 0 Å². The highest BCUT2D eigenvalue weighted by Gasteiger charge is 2.34. The van der Waals surface area contributed by atoms with Gasteiger partial charge in [0.2, 0.25) is 0 Å². The lowest BCUT2D eigenvalue weighted by Crippen LogP contribution is -2.36. The molecule has 2 aromatic carbocycles. The number of nitrogens with zero attached hydrogens (tertiary/aromatic N) is 3. The van der Waals surface area contributed by atoms with Crippen LogP contribution in [0.2, 0.25) is 0 Å². The van der Waals surface area contributed by atoms with E-state index >= 15 is 0 Å². The molecule has 1 amide bonds. The number of ether oxygens (including phenoxy) is 1. The average molecular weight is 432 g/mol. The second-order valence-electron chi connectivity index (χ2n) is 6.92. The molecule has 0 unspecified atom stereocenters. The van der Waals surface area contributed by atoms with Gasteiger partial charge in [-0.3, -0.25) is 4.79 Å². The fourth-order valence-corrected chi connectivity index (χ4v) is 3.33. The first-order chi connectivity index (χ1) is 14.8. The Kier molecular flexibility index (Phi) is 5.55. The third-order valence-corrected chi connectivity index (χ3v) is 4.87. The third kappa shape index (κ3) is 4.48. The van der Waals surface area contributed by atoms with Gasteiger partial charge in [-0.15, -0.1) is 0 Å². The Morgan fingerprint density at radius 1 is 1.06 bits per heavy atom. The zero-order valence-electron chi connectivity index (χ0n) is 16.3. The molecule has 2 N–H and O–H groups in total. The third-order valence-electron chi connectivity index (χ3n) is 4.87. The minimum absolute atomic E-state index is 0.292. The number of benzene rings is 2. The van der Waals surface area contributed by atoms with Gasteiger partial charge in [-0.2, -0.15) is 18.3 Å². The number of aromatic hydroxyl groups is 1. The molecule has 10 heteroatoms. The fraction of sp³-hybridized carbons (Fsp3) is 0.238. The van der Waals surface area contributed by atoms with Crippen LogP contribution in [0.1, 0.15) is 16.1 Å². The molecule has 0 atom stereocenters. The monoisotopic (exact) mass is 432 g/mol. The Morgan fingerprint density at radius 3 is 2.42 bits per heavy atom. The van der Waals surface area contributed by atoms with Crippen molar-refractivity contribution in [2.75, 3.05) is 36.5 Å². The number of carbonyl (C=O) groups is 1. The van der Waals surface area contributed by atoms with Crippen molar-refractivity contribution in [2.24, 2.45) is 0 Å². The molecular weight excluding hydrogens is 413 g/mol. The predicted molar refractivity (Wildman–Crippen MR) is 108 cm³/mol. The number of halogens is 3. The van der Waals surface area contributed by atoms with Crippen LogP contribution in [0.15, 0.2) is 54.7 Å². The summed E-state index contributed by atoms with van der Waals surface area (Å²) in [6.07, 6.45) is -3.64. The second kappa shape index (κ2) is 8.31. The number of para-hydroxylation sites is 1. The summed E-state index contributed by atoms with van der Waals surface area (Å²) in [5.74, 6) is -1.26. The van der Waals surface area contributed by atoms with E-state index in [-0.39, 0.29) is 11.4 Å². The summed E-state index contributed by atoms with van der Waals surface area (Å²) < 4.78 is 45.9. The smallest absolute Gasteiger partial charge is 0.418 e. The number of hydrogen-bond acceptors (Lipinski definition) is 5. The van der Waals surface area contributed by atoms with Crippen molar-refractivity contribution in [1.82, 2.24) is 9.78 Å². The molecule has 3 aromatic rings. The number of amides is 1. The molecule has 1 aliphatic heterocycles. The molecule has 2 heterocycles. The molecule has 0 saturated carbocycles. The Balaban J connectivity index is 1.52. The first-order valence-electron chi connectivity index (χ1n) is 9.52. The SMILES string of the molecule is O=C(Nc1ccc(N2CCOCC2)cc1)c1nn(-c2ccccc2C(F)(F)F)cc1O. The zero-order chi connectivity index (χ0) is 22.0. The minimum atomic E-state index is -4.61. The van der Waals surface area contributed by atoms with E-state index in [1.54, 1.807) is 12.1 Å². The van der Waals surface area contributed by atoms with Crippen molar-refractivity contribution >= 4 is 17.3 Å². The van der Waals surface area contributed by atoms with Crippen molar-refractivity contribution < 1.29 is 27.8 Å². The van der Waals surface area contributed by atoms with Crippen molar-refractivity contribution in [2.45, 2.75) is 6.18 Å². The van der Waals surface area contributed by atoms with E-state index < -0.39 is 23.4 Å². The van der Waals surface area contributed by atoms with E-state index in [2.05, 4.69) is 15.3 Å². The molecular formula is C21H19F3N4O3. The predicted octanol–water partition coefficient (Wildman–Crippen LogP) is 3.69. The van der Waals surface area contributed by atoms with Crippen LogP contribution < -0.4 is 10.2 Å². The zero-order valence-corrected chi connectivity index (χ0v) is 16.3. The fourth-order valence-electron chi connectivity index (χ4n) is 3.33. The molecule has 31 heavy (non-hydrogen) atoms. The lowest BCUT2D eigenvalue weighted by Gasteiger charge is -2.28. The highest BCUT2D eigenvalue weighted by Crippen LogP contribution is 2.34. The van der Waals surface area contributed by atoms with E-state index in [0.717, 1.165) is 35.7 Å². The van der Waals surface area contributed by atoms with Gasteiger partial charge in [0.05, 0.1) is 30.7 Å². The lowest BCUT2D eigenvalue weighted by atomic mass is 10.2. The van der Waals surface area contributed by atoms with E-state index in [9.17, 15) is 23.1 Å². The summed E-state index contributed by atoms with van der Waals surface area (Å²) in [7, 11) is 0. The molecule has 0 aliphatic carbocycles. The molecule has 1 aromatic heterocycles. The molecule has 0 spiro atoms. The van der Waals surface area contributed by atoms with Crippen molar-refractivity contribution in [3.63, 3.8) is 0 Å². The maximum Gasteiger partial charge on any atom is 0.418 e. The van der Waals surface area contributed by atoms with Gasteiger partial charge in [0.25, 0.3) is 5.91 Å². The highest BCUT2D eigenvalue weighted by atomic mass is 19.4. The summed E-state index contributed by atoms with van der Waals surface area (Å²) in [5.41, 5.74) is -0.152. The Bertz CT molecular complexity index is 1070. The van der Waals surface area contributed by atoms with E-state index in [4.69, 9.17) is 4.74 Å². The van der Waals surface area contributed by atoms with E-state index in [0.29, 0.717) is 18.9 Å². The maximum atomic E-state index is 13.3. The van der Waals surface area contributed by atoms with Crippen molar-refractivity contribution in [3.05, 3.63) is 66.0 Å². The topological polar surface area (TPSA) is 79.6 Å². The van der Waals surface area contributed by atoms with Crippen LogP contribution in [-0.2, 0) is 10.9 Å². The number of rotatable bonds is 4. The van der Waals surface area contributed by atoms with Crippen LogP contribution in [0.4, 0.5) is 24.5 Å². The van der Waals surface area contributed by atoms with Gasteiger partial charge in [-0.1, -0.05) is 12.1 Å². The summed E-state index contributed by atoms with van der Waals surface area (Å²) in [6.45, 7) is 2.85. The minimum Gasteiger partial charge on any atom is -0.504 e. The largest absolute Gasteiger partial charge is 0.504 e. The number of aromatic nitrogens is 2. The number of carbonyl (C=O) groups excluding carboxylic acids is 1. The highest BCUT2D eigenvalue weighted by molar-refractivity contribution is 6.04. The summed E-state index contributed by atoms with van der Waals surface area (Å²) >= 11 is 0. The summed E-state index contributed by atoms with van der Waals surface area (Å²) in [5, 5.41) is 16.6. The van der Waals surface area contributed by atoms with Gasteiger partial charge in [0.15, 0.2) is 11.4 Å². The summed E-state index contributed by atoms with van der Waals surface area (Å²) in [6, 6.07) is 11.9. The average Bonchev–Trinajstić information content (AvgIpc) is 3.16. The molecule has 162 valence electrons. The van der Waals surface area contributed by atoms with Crippen molar-refractivity contribution in [3.8, 4) is 11.4 Å². The van der Waals surface area contributed by atoms with E-state index in [1.807, 2.05) is 12.1 Å². The van der Waals surface area contributed by atoms with Crippen LogP contribution in [0.3, 0.4) is 0 Å². The number of alkyl halides is 3. The van der Waals surface area contributed by atoms with Crippen LogP contribution in [0, 0.1) is 0 Å². The maximum absolute atomic E-state index is 13.3. The molecule has 1 fully saturated rings. The Morgan fingerprint density at radius 2 is 1.74 bits per heavy atom. The summed E-state index contributed by atoms with van der Waals surface area (Å²) in [4.78, 5) is 14.7. The molecule has 7 nitrogen and oxygen atoms in total. The number of morpholine rings is 1. The molecule has 1 saturated heterocycles. The molecule has 4 rings (SSSR count). The standard InChI is InChI=1S/C21H19F3N4O3/c22-21(23,24)16-3-1-2-4-17(16)28-13-18(29)19(26-28)20(30)25-14-5-7-15(8-6-14)27-9-11-31-12-10-27/h1-8,13,29H,9-12H2,(H,25,30). The van der Waals surface area contributed by atoms with Gasteiger partial charge >= 0.3 is 6.18 Å². The van der Waals surface area contributed by atoms with Crippen molar-refractivity contribution in [1.29, 1.82) is 0 Å². The van der Waals surface area contributed by atoms with Gasteiger partial charge < -0.3 is 20.1 Å². The number of hydrogen-bond donors (Lipinski definition) is 2. The number of nitrogens with one attached hydrogen (secondary N) is 1. The van der Waals surface area contributed by atoms with Crippen LogP contribution in [-0.4, -0.2) is 47.1 Å². The second-order valence-corrected chi connectivity index (χ2v) is 6.92. The molecule has 0 radical (unpaired) electrons. The normalized spacial score (nSPS) is 14.5. The van der Waals surface area contributed by atoms with E-state index in [1.165, 1.54) is 18.2 Å². The molecule has 0 bridgehead atoms. The number of anilines is 2.